The van der Waals surface area contributed by atoms with Crippen LogP contribution in [0.1, 0.15) is 18.8 Å². The summed E-state index contributed by atoms with van der Waals surface area (Å²) in [5, 5.41) is 12.3. The number of nitrogens with two attached hydrogens (primary N) is 1. The third-order valence-corrected chi connectivity index (χ3v) is 3.96. The molecule has 0 aliphatic carbocycles. The number of hydrogen-bond acceptors (Lipinski definition) is 7. The summed E-state index contributed by atoms with van der Waals surface area (Å²) < 4.78 is 6.13. The minimum Gasteiger partial charge on any atom is -0.382 e. The normalized spacial score (nSPS) is 12.3. The van der Waals surface area contributed by atoms with Crippen LogP contribution in [0, 0.1) is 0 Å². The number of rotatable bonds is 4. The van der Waals surface area contributed by atoms with Crippen molar-refractivity contribution in [1.29, 1.82) is 0 Å². The van der Waals surface area contributed by atoms with Crippen molar-refractivity contribution in [2.24, 2.45) is 7.05 Å². The van der Waals surface area contributed by atoms with E-state index in [4.69, 9.17) is 5.73 Å². The molecule has 0 saturated carbocycles. The fraction of sp³-hybridized carbons (Fsp3) is 0.231. The molecule has 0 radical (unpaired) electrons. The summed E-state index contributed by atoms with van der Waals surface area (Å²) in [7, 11) is 1.92. The number of pyridine rings is 1. The van der Waals surface area contributed by atoms with E-state index in [9.17, 15) is 0 Å². The van der Waals surface area contributed by atoms with E-state index < -0.39 is 0 Å². The molecular formula is C13H15N7S. The topological polar surface area (TPSA) is 94.5 Å². The zero-order valence-electron chi connectivity index (χ0n) is 11.7. The molecule has 7 nitrogen and oxygen atoms in total. The summed E-state index contributed by atoms with van der Waals surface area (Å²) >= 11 is 1.34. The van der Waals surface area contributed by atoms with Crippen LogP contribution in [-0.2, 0) is 7.05 Å². The number of aryl methyl sites for hydroxylation is 1. The lowest BCUT2D eigenvalue weighted by Gasteiger charge is -2.14. The van der Waals surface area contributed by atoms with Gasteiger partial charge in [-0.2, -0.15) is 4.37 Å². The highest BCUT2D eigenvalue weighted by molar-refractivity contribution is 7.11. The molecule has 8 heteroatoms. The molecule has 3 rings (SSSR count). The van der Waals surface area contributed by atoms with Gasteiger partial charge in [0.15, 0.2) is 5.82 Å². The molecule has 0 fully saturated rings. The summed E-state index contributed by atoms with van der Waals surface area (Å²) in [5.74, 6) is 1.36. The Morgan fingerprint density at radius 3 is 2.76 bits per heavy atom. The quantitative estimate of drug-likeness (QED) is 0.766. The molecule has 0 spiro atoms. The Balaban J connectivity index is 1.92. The number of aromatic nitrogens is 5. The Morgan fingerprint density at radius 2 is 2.10 bits per heavy atom. The molecule has 0 amide bonds. The summed E-state index contributed by atoms with van der Waals surface area (Å²) in [6.07, 6.45) is 5.16. The van der Waals surface area contributed by atoms with Gasteiger partial charge < -0.3 is 15.6 Å². The van der Waals surface area contributed by atoms with Crippen LogP contribution in [0.4, 0.5) is 10.8 Å². The van der Waals surface area contributed by atoms with Crippen molar-refractivity contribution in [3.05, 3.63) is 36.7 Å². The van der Waals surface area contributed by atoms with E-state index in [1.807, 2.05) is 30.7 Å². The summed E-state index contributed by atoms with van der Waals surface area (Å²) in [6, 6.07) is 3.83. The van der Waals surface area contributed by atoms with E-state index in [1.165, 1.54) is 11.5 Å². The number of nitrogens with one attached hydrogen (secondary N) is 1. The Morgan fingerprint density at radius 1 is 1.33 bits per heavy atom. The highest BCUT2D eigenvalue weighted by Gasteiger charge is 2.18. The van der Waals surface area contributed by atoms with Gasteiger partial charge in [-0.05, 0) is 36.2 Å². The minimum atomic E-state index is -0.00191. The maximum absolute atomic E-state index is 6.00. The van der Waals surface area contributed by atoms with E-state index in [2.05, 4.69) is 24.9 Å². The van der Waals surface area contributed by atoms with Crippen LogP contribution in [0.25, 0.3) is 11.1 Å². The first kappa shape index (κ1) is 13.5. The van der Waals surface area contributed by atoms with Gasteiger partial charge in [-0.3, -0.25) is 4.98 Å². The molecule has 3 aromatic heterocycles. The van der Waals surface area contributed by atoms with Crippen LogP contribution in [0.15, 0.2) is 30.9 Å². The smallest absolute Gasteiger partial charge is 0.154 e. The summed E-state index contributed by atoms with van der Waals surface area (Å²) in [4.78, 5) is 4.03. The molecule has 1 atom stereocenters. The lowest BCUT2D eigenvalue weighted by molar-refractivity contribution is 0.721. The van der Waals surface area contributed by atoms with Gasteiger partial charge in [0.2, 0.25) is 0 Å². The van der Waals surface area contributed by atoms with Crippen LogP contribution < -0.4 is 11.1 Å². The first-order valence-electron chi connectivity index (χ1n) is 6.42. The monoisotopic (exact) mass is 301 g/mol. The van der Waals surface area contributed by atoms with Crippen molar-refractivity contribution in [3.63, 3.8) is 0 Å². The lowest BCUT2D eigenvalue weighted by Crippen LogP contribution is -2.11. The first-order chi connectivity index (χ1) is 10.2. The molecule has 3 aromatic rings. The Hall–Kier alpha value is -2.48. The van der Waals surface area contributed by atoms with Gasteiger partial charge in [-0.1, -0.05) is 0 Å². The van der Waals surface area contributed by atoms with E-state index in [0.29, 0.717) is 5.82 Å². The maximum atomic E-state index is 6.00. The number of anilines is 2. The van der Waals surface area contributed by atoms with Crippen LogP contribution in [0.5, 0.6) is 0 Å². The Labute approximate surface area is 126 Å². The molecule has 0 aliphatic rings. The first-order valence-corrected chi connectivity index (χ1v) is 7.20. The molecular weight excluding hydrogens is 286 g/mol. The van der Waals surface area contributed by atoms with E-state index in [0.717, 1.165) is 22.0 Å². The second-order valence-electron chi connectivity index (χ2n) is 4.67. The predicted octanol–water partition coefficient (Wildman–Crippen LogP) is 2.09. The standard InChI is InChI=1S/C13H15N7S/c1-8(12-18-16-7-20(12)2)17-13-10(11(14)19-21-13)9-3-5-15-6-4-9/h3-8,17H,1-2H3,(H2,14,19). The molecule has 108 valence electrons. The van der Waals surface area contributed by atoms with Crippen LogP contribution in [0.2, 0.25) is 0 Å². The predicted molar refractivity (Wildman–Crippen MR) is 82.8 cm³/mol. The van der Waals surface area contributed by atoms with Crippen molar-refractivity contribution in [2.45, 2.75) is 13.0 Å². The molecule has 21 heavy (non-hydrogen) atoms. The Kier molecular flexibility index (Phi) is 3.53. The van der Waals surface area contributed by atoms with Crippen molar-refractivity contribution in [2.75, 3.05) is 11.1 Å². The SMILES string of the molecule is CC(Nc1snc(N)c1-c1ccncc1)c1nncn1C. The largest absolute Gasteiger partial charge is 0.382 e. The van der Waals surface area contributed by atoms with Crippen LogP contribution in [0.3, 0.4) is 0 Å². The average molecular weight is 301 g/mol. The van der Waals surface area contributed by atoms with E-state index in [-0.39, 0.29) is 6.04 Å². The Bertz CT molecular complexity index is 734. The van der Waals surface area contributed by atoms with Gasteiger partial charge in [0, 0.05) is 19.4 Å². The van der Waals surface area contributed by atoms with Gasteiger partial charge in [0.1, 0.15) is 17.1 Å². The van der Waals surface area contributed by atoms with E-state index in [1.54, 1.807) is 18.7 Å². The van der Waals surface area contributed by atoms with Crippen molar-refractivity contribution < 1.29 is 0 Å². The van der Waals surface area contributed by atoms with Crippen molar-refractivity contribution >= 4 is 22.4 Å². The van der Waals surface area contributed by atoms with Gasteiger partial charge in [-0.15, -0.1) is 10.2 Å². The average Bonchev–Trinajstić information content (AvgIpc) is 3.06. The third-order valence-electron chi connectivity index (χ3n) is 3.17. The minimum absolute atomic E-state index is 0.00191. The number of nitrogen functional groups attached to an aromatic ring is 1. The fourth-order valence-electron chi connectivity index (χ4n) is 2.14. The molecule has 0 bridgehead atoms. The molecule has 0 aliphatic heterocycles. The molecule has 0 saturated heterocycles. The zero-order chi connectivity index (χ0) is 14.8. The van der Waals surface area contributed by atoms with Gasteiger partial charge in [0.05, 0.1) is 11.6 Å². The van der Waals surface area contributed by atoms with Crippen LogP contribution in [-0.4, -0.2) is 24.1 Å². The third kappa shape index (κ3) is 2.57. The van der Waals surface area contributed by atoms with Gasteiger partial charge >= 0.3 is 0 Å². The second-order valence-corrected chi connectivity index (χ2v) is 5.45. The highest BCUT2D eigenvalue weighted by atomic mass is 32.1. The van der Waals surface area contributed by atoms with Crippen molar-refractivity contribution in [3.8, 4) is 11.1 Å². The van der Waals surface area contributed by atoms with E-state index >= 15 is 0 Å². The maximum Gasteiger partial charge on any atom is 0.154 e. The molecule has 3 heterocycles. The molecule has 1 unspecified atom stereocenters. The van der Waals surface area contributed by atoms with Gasteiger partial charge in [0.25, 0.3) is 0 Å². The van der Waals surface area contributed by atoms with Crippen molar-refractivity contribution in [1.82, 2.24) is 24.1 Å². The number of nitrogens with zero attached hydrogens (tertiary/aromatic N) is 5. The van der Waals surface area contributed by atoms with Gasteiger partial charge in [-0.25, -0.2) is 0 Å². The molecule has 3 N–H and O–H groups in total. The lowest BCUT2D eigenvalue weighted by atomic mass is 10.1. The molecule has 0 aromatic carbocycles. The number of hydrogen-bond donors (Lipinski definition) is 2. The second kappa shape index (κ2) is 5.49. The zero-order valence-corrected chi connectivity index (χ0v) is 12.5. The summed E-state index contributed by atoms with van der Waals surface area (Å²) in [6.45, 7) is 2.02. The highest BCUT2D eigenvalue weighted by Crippen LogP contribution is 2.37. The van der Waals surface area contributed by atoms with Crippen LogP contribution >= 0.6 is 11.5 Å². The fourth-order valence-corrected chi connectivity index (χ4v) is 2.97. The summed E-state index contributed by atoms with van der Waals surface area (Å²) in [5.41, 5.74) is 7.89.